The van der Waals surface area contributed by atoms with Crippen LogP contribution in [0.15, 0.2) is 30.5 Å². The molecule has 5 heterocycles. The Morgan fingerprint density at radius 3 is 2.69 bits per heavy atom. The first-order valence-electron chi connectivity index (χ1n) is 14.7. The van der Waals surface area contributed by atoms with Gasteiger partial charge in [-0.1, -0.05) is 6.92 Å². The van der Waals surface area contributed by atoms with Crippen LogP contribution in [-0.2, 0) is 0 Å². The summed E-state index contributed by atoms with van der Waals surface area (Å²) in [7, 11) is 0. The molecule has 0 unspecified atom stereocenters. The number of urea groups is 1. The smallest absolute Gasteiger partial charge is 0.408 e. The summed E-state index contributed by atoms with van der Waals surface area (Å²) in [5, 5.41) is 6.34. The van der Waals surface area contributed by atoms with Gasteiger partial charge in [0.1, 0.15) is 6.04 Å². The minimum atomic E-state index is -4.45. The van der Waals surface area contributed by atoms with E-state index in [9.17, 15) is 22.8 Å². The predicted octanol–water partition coefficient (Wildman–Crippen LogP) is 3.68. The molecule has 3 saturated heterocycles. The highest BCUT2D eigenvalue weighted by molar-refractivity contribution is 5.99. The third-order valence-corrected chi connectivity index (χ3v) is 8.22. The molecule has 0 spiro atoms. The highest BCUT2D eigenvalue weighted by atomic mass is 19.4. The SMILES string of the molecule is CCOc1ncccc1-c1ccc(N2CCN(C(=O)N3CCC[C@@H]3C(F)(F)F)C[C@H]2CC)c(C(=O)N[C@@H]2CCNC2)n1. The molecular weight excluding hydrogens is 551 g/mol. The lowest BCUT2D eigenvalue weighted by Gasteiger charge is -2.44. The lowest BCUT2D eigenvalue weighted by atomic mass is 10.1. The van der Waals surface area contributed by atoms with Crippen molar-refractivity contribution in [2.45, 2.75) is 63.8 Å². The van der Waals surface area contributed by atoms with Gasteiger partial charge in [0, 0.05) is 51.0 Å². The predicted molar refractivity (Wildman–Crippen MR) is 152 cm³/mol. The molecular formula is C29H38F3N7O3. The van der Waals surface area contributed by atoms with Crippen molar-refractivity contribution in [3.63, 3.8) is 0 Å². The second-order valence-electron chi connectivity index (χ2n) is 10.9. The van der Waals surface area contributed by atoms with E-state index in [0.717, 1.165) is 17.9 Å². The lowest BCUT2D eigenvalue weighted by molar-refractivity contribution is -0.170. The average molecular weight is 590 g/mol. The Kier molecular flexibility index (Phi) is 9.05. The maximum absolute atomic E-state index is 13.7. The number of ether oxygens (including phenoxy) is 1. The summed E-state index contributed by atoms with van der Waals surface area (Å²) in [6.07, 6.45) is -1.11. The van der Waals surface area contributed by atoms with E-state index in [-0.39, 0.29) is 49.7 Å². The number of likely N-dealkylation sites (tertiary alicyclic amines) is 1. The molecule has 2 aromatic heterocycles. The number of alkyl halides is 3. The third kappa shape index (κ3) is 6.25. The van der Waals surface area contributed by atoms with Crippen LogP contribution < -0.4 is 20.3 Å². The first kappa shape index (κ1) is 29.9. The third-order valence-electron chi connectivity index (χ3n) is 8.22. The number of halogens is 3. The maximum atomic E-state index is 13.7. The number of hydrogen-bond donors (Lipinski definition) is 2. The molecule has 3 aliphatic heterocycles. The van der Waals surface area contributed by atoms with Gasteiger partial charge in [-0.2, -0.15) is 13.2 Å². The fraction of sp³-hybridized carbons (Fsp3) is 0.586. The van der Waals surface area contributed by atoms with Gasteiger partial charge in [0.2, 0.25) is 5.88 Å². The van der Waals surface area contributed by atoms with E-state index in [2.05, 4.69) is 20.5 Å². The molecule has 5 rings (SSSR count). The van der Waals surface area contributed by atoms with Crippen LogP contribution in [0.5, 0.6) is 5.88 Å². The molecule has 10 nitrogen and oxygen atoms in total. The zero-order valence-electron chi connectivity index (χ0n) is 24.0. The molecule has 42 heavy (non-hydrogen) atoms. The second-order valence-corrected chi connectivity index (χ2v) is 10.9. The maximum Gasteiger partial charge on any atom is 0.408 e. The Labute approximate surface area is 243 Å². The number of nitrogens with one attached hydrogen (secondary N) is 2. The van der Waals surface area contributed by atoms with Crippen molar-refractivity contribution < 1.29 is 27.5 Å². The molecule has 2 N–H and O–H groups in total. The number of carbonyl (C=O) groups is 2. The summed E-state index contributed by atoms with van der Waals surface area (Å²) >= 11 is 0. The van der Waals surface area contributed by atoms with Gasteiger partial charge in [-0.05, 0) is 63.4 Å². The van der Waals surface area contributed by atoms with Gasteiger partial charge >= 0.3 is 12.2 Å². The average Bonchev–Trinajstić information content (AvgIpc) is 3.69. The summed E-state index contributed by atoms with van der Waals surface area (Å²) in [6, 6.07) is 4.75. The minimum absolute atomic E-state index is 0.0216. The minimum Gasteiger partial charge on any atom is -0.477 e. The first-order valence-corrected chi connectivity index (χ1v) is 14.7. The largest absolute Gasteiger partial charge is 0.477 e. The van der Waals surface area contributed by atoms with Gasteiger partial charge in [-0.3, -0.25) is 4.79 Å². The van der Waals surface area contributed by atoms with Crippen molar-refractivity contribution in [3.8, 4) is 17.1 Å². The van der Waals surface area contributed by atoms with Gasteiger partial charge < -0.3 is 30.1 Å². The van der Waals surface area contributed by atoms with Gasteiger partial charge in [0.05, 0.1) is 23.6 Å². The Morgan fingerprint density at radius 1 is 1.14 bits per heavy atom. The monoisotopic (exact) mass is 589 g/mol. The highest BCUT2D eigenvalue weighted by Gasteiger charge is 2.49. The molecule has 228 valence electrons. The van der Waals surface area contributed by atoms with E-state index in [0.29, 0.717) is 55.4 Å². The van der Waals surface area contributed by atoms with Gasteiger partial charge in [-0.15, -0.1) is 0 Å². The summed E-state index contributed by atoms with van der Waals surface area (Å²) in [4.78, 5) is 40.6. The highest BCUT2D eigenvalue weighted by Crippen LogP contribution is 2.35. The number of nitrogens with zero attached hydrogens (tertiary/aromatic N) is 5. The van der Waals surface area contributed by atoms with Crippen LogP contribution in [0.4, 0.5) is 23.7 Å². The van der Waals surface area contributed by atoms with Gasteiger partial charge in [-0.25, -0.2) is 14.8 Å². The number of piperazine rings is 1. The van der Waals surface area contributed by atoms with Crippen LogP contribution in [0, 0.1) is 0 Å². The van der Waals surface area contributed by atoms with Crippen LogP contribution >= 0.6 is 0 Å². The van der Waals surface area contributed by atoms with Crippen LogP contribution in [0.25, 0.3) is 11.3 Å². The van der Waals surface area contributed by atoms with Crippen molar-refractivity contribution >= 4 is 17.6 Å². The molecule has 3 amide bonds. The molecule has 13 heteroatoms. The van der Waals surface area contributed by atoms with E-state index in [1.54, 1.807) is 12.3 Å². The van der Waals surface area contributed by atoms with Crippen LogP contribution in [0.1, 0.15) is 50.0 Å². The van der Waals surface area contributed by atoms with Gasteiger partial charge in [0.25, 0.3) is 5.91 Å². The Balaban J connectivity index is 1.43. The zero-order valence-corrected chi connectivity index (χ0v) is 24.0. The lowest BCUT2D eigenvalue weighted by Crippen LogP contribution is -2.59. The fourth-order valence-electron chi connectivity index (χ4n) is 6.08. The first-order chi connectivity index (χ1) is 20.2. The molecule has 3 fully saturated rings. The number of amides is 3. The molecule has 3 atom stereocenters. The molecule has 0 aromatic carbocycles. The van der Waals surface area contributed by atoms with E-state index < -0.39 is 18.2 Å². The quantitative estimate of drug-likeness (QED) is 0.508. The van der Waals surface area contributed by atoms with Crippen molar-refractivity contribution in [1.29, 1.82) is 0 Å². The van der Waals surface area contributed by atoms with Crippen LogP contribution in [0.2, 0.25) is 0 Å². The van der Waals surface area contributed by atoms with Crippen molar-refractivity contribution in [2.75, 3.05) is 50.8 Å². The van der Waals surface area contributed by atoms with E-state index in [1.165, 1.54) is 4.90 Å². The normalized spacial score (nSPS) is 22.9. The number of rotatable bonds is 7. The molecule has 0 bridgehead atoms. The van der Waals surface area contributed by atoms with Crippen molar-refractivity contribution in [3.05, 3.63) is 36.2 Å². The molecule has 2 aromatic rings. The number of pyridine rings is 2. The number of hydrogen-bond acceptors (Lipinski definition) is 7. The second kappa shape index (κ2) is 12.7. The number of carbonyl (C=O) groups excluding carboxylic acids is 2. The molecule has 3 aliphatic rings. The summed E-state index contributed by atoms with van der Waals surface area (Å²) in [6.45, 7) is 6.70. The Hall–Kier alpha value is -3.61. The molecule has 0 aliphatic carbocycles. The Bertz CT molecular complexity index is 1270. The van der Waals surface area contributed by atoms with Crippen LogP contribution in [0.3, 0.4) is 0 Å². The summed E-state index contributed by atoms with van der Waals surface area (Å²) in [5.41, 5.74) is 2.08. The molecule has 0 saturated carbocycles. The summed E-state index contributed by atoms with van der Waals surface area (Å²) < 4.78 is 46.4. The number of anilines is 1. The van der Waals surface area contributed by atoms with Crippen LogP contribution in [-0.4, -0.2) is 102 Å². The number of aromatic nitrogens is 2. The standard InChI is InChI=1S/C29H38F3N7O3/c1-3-20-18-37(28(41)39-14-6-8-24(39)29(30,31)32)15-16-38(20)23-10-9-22(21-7-5-12-34-27(21)42-4-2)36-25(23)26(40)35-19-11-13-33-17-19/h5,7,9-10,12,19-20,24,33H,3-4,6,8,11,13-18H2,1-2H3,(H,35,40)/t19-,20-,24-/m1/s1. The molecule has 0 radical (unpaired) electrons. The van der Waals surface area contributed by atoms with E-state index in [4.69, 9.17) is 9.72 Å². The van der Waals surface area contributed by atoms with E-state index in [1.807, 2.05) is 32.0 Å². The summed E-state index contributed by atoms with van der Waals surface area (Å²) in [5.74, 6) is 0.116. The van der Waals surface area contributed by atoms with Crippen molar-refractivity contribution in [2.24, 2.45) is 0 Å². The van der Waals surface area contributed by atoms with Gasteiger partial charge in [0.15, 0.2) is 5.69 Å². The fourth-order valence-corrected chi connectivity index (χ4v) is 6.08. The Morgan fingerprint density at radius 2 is 1.98 bits per heavy atom. The van der Waals surface area contributed by atoms with Crippen molar-refractivity contribution in [1.82, 2.24) is 30.4 Å². The topological polar surface area (TPSA) is 103 Å². The zero-order chi connectivity index (χ0) is 29.9. The van der Waals surface area contributed by atoms with E-state index >= 15 is 0 Å².